The lowest BCUT2D eigenvalue weighted by atomic mass is 10.3. The monoisotopic (exact) mass is 157 g/mol. The van der Waals surface area contributed by atoms with E-state index >= 15 is 0 Å². The summed E-state index contributed by atoms with van der Waals surface area (Å²) < 4.78 is 0. The fraction of sp³-hybridized carbons (Fsp3) is 0.875. The summed E-state index contributed by atoms with van der Waals surface area (Å²) in [5.74, 6) is 0.758. The maximum atomic E-state index is 5.65. The van der Waals surface area contributed by atoms with E-state index in [4.69, 9.17) is 5.73 Å². The van der Waals surface area contributed by atoms with E-state index in [1.807, 2.05) is 27.9 Å². The summed E-state index contributed by atoms with van der Waals surface area (Å²) in [4.78, 5) is 6.32. The molecule has 0 aromatic carbocycles. The van der Waals surface area contributed by atoms with Crippen LogP contribution in [0.4, 0.5) is 0 Å². The van der Waals surface area contributed by atoms with Crippen molar-refractivity contribution in [2.45, 2.75) is 26.3 Å². The molecular weight excluding hydrogens is 138 g/mol. The van der Waals surface area contributed by atoms with Crippen LogP contribution >= 0.6 is 0 Å². The van der Waals surface area contributed by atoms with Crippen molar-refractivity contribution in [1.29, 1.82) is 0 Å². The summed E-state index contributed by atoms with van der Waals surface area (Å²) in [7, 11) is 4.06. The average Bonchev–Trinajstić information content (AvgIpc) is 1.82. The Morgan fingerprint density at radius 2 is 2.00 bits per heavy atom. The van der Waals surface area contributed by atoms with Crippen LogP contribution in [0.2, 0.25) is 0 Å². The third kappa shape index (κ3) is 7.33. The minimum atomic E-state index is 0.317. The van der Waals surface area contributed by atoms with E-state index in [0.717, 1.165) is 18.8 Å². The van der Waals surface area contributed by atoms with E-state index in [-0.39, 0.29) is 0 Å². The van der Waals surface area contributed by atoms with Gasteiger partial charge in [0.1, 0.15) is 0 Å². The number of amidine groups is 1. The van der Waals surface area contributed by atoms with E-state index in [0.29, 0.717) is 6.04 Å². The minimum absolute atomic E-state index is 0.317. The second kappa shape index (κ2) is 5.13. The van der Waals surface area contributed by atoms with Crippen LogP contribution in [0.25, 0.3) is 0 Å². The van der Waals surface area contributed by atoms with Crippen LogP contribution < -0.4 is 5.73 Å². The van der Waals surface area contributed by atoms with Gasteiger partial charge < -0.3 is 10.6 Å². The van der Waals surface area contributed by atoms with Crippen LogP contribution in [-0.2, 0) is 0 Å². The van der Waals surface area contributed by atoms with Crippen LogP contribution in [0.15, 0.2) is 4.99 Å². The Morgan fingerprint density at radius 3 is 2.36 bits per heavy atom. The Kier molecular flexibility index (Phi) is 4.86. The molecule has 2 N–H and O–H groups in total. The van der Waals surface area contributed by atoms with E-state index in [9.17, 15) is 0 Å². The van der Waals surface area contributed by atoms with E-state index < -0.39 is 0 Å². The predicted molar refractivity (Wildman–Crippen MR) is 49.9 cm³/mol. The molecule has 0 aliphatic heterocycles. The summed E-state index contributed by atoms with van der Waals surface area (Å²) in [6.07, 6.45) is 0.866. The average molecular weight is 157 g/mol. The molecule has 0 aliphatic rings. The lowest BCUT2D eigenvalue weighted by Crippen LogP contribution is -2.22. The van der Waals surface area contributed by atoms with Gasteiger partial charge in [-0.25, -0.2) is 0 Å². The zero-order chi connectivity index (χ0) is 8.85. The second-order valence-corrected chi connectivity index (χ2v) is 3.27. The van der Waals surface area contributed by atoms with Crippen molar-refractivity contribution in [1.82, 2.24) is 4.90 Å². The fourth-order valence-electron chi connectivity index (χ4n) is 0.734. The van der Waals surface area contributed by atoms with Crippen molar-refractivity contribution in [2.75, 3.05) is 20.6 Å². The number of hydrogen-bond acceptors (Lipinski definition) is 2. The second-order valence-electron chi connectivity index (χ2n) is 3.27. The van der Waals surface area contributed by atoms with Crippen LogP contribution in [0.1, 0.15) is 20.3 Å². The van der Waals surface area contributed by atoms with Gasteiger partial charge in [-0.3, -0.25) is 4.99 Å². The Morgan fingerprint density at radius 1 is 1.45 bits per heavy atom. The Bertz CT molecular complexity index is 127. The van der Waals surface area contributed by atoms with Crippen LogP contribution in [0.3, 0.4) is 0 Å². The molecule has 0 heterocycles. The Balaban J connectivity index is 3.59. The van der Waals surface area contributed by atoms with Gasteiger partial charge in [0, 0.05) is 19.0 Å². The van der Waals surface area contributed by atoms with Gasteiger partial charge in [0.05, 0.1) is 5.84 Å². The van der Waals surface area contributed by atoms with Crippen molar-refractivity contribution in [2.24, 2.45) is 10.7 Å². The number of hydrogen-bond donors (Lipinski definition) is 1. The smallest absolute Gasteiger partial charge is 0.0953 e. The minimum Gasteiger partial charge on any atom is -0.387 e. The van der Waals surface area contributed by atoms with Crippen LogP contribution in [-0.4, -0.2) is 37.4 Å². The first-order valence-corrected chi connectivity index (χ1v) is 3.99. The Labute approximate surface area is 69.3 Å². The lowest BCUT2D eigenvalue weighted by molar-refractivity contribution is 0.421. The van der Waals surface area contributed by atoms with Gasteiger partial charge in [0.25, 0.3) is 0 Å². The van der Waals surface area contributed by atoms with Crippen molar-refractivity contribution in [3.05, 3.63) is 0 Å². The SMILES string of the molecule is CC(C)N=C(N)CCN(C)C. The summed E-state index contributed by atoms with van der Waals surface area (Å²) >= 11 is 0. The zero-order valence-electron chi connectivity index (χ0n) is 7.96. The normalized spacial score (nSPS) is 13.1. The lowest BCUT2D eigenvalue weighted by Gasteiger charge is -2.08. The maximum Gasteiger partial charge on any atom is 0.0953 e. The molecule has 11 heavy (non-hydrogen) atoms. The summed E-state index contributed by atoms with van der Waals surface area (Å²) in [5, 5.41) is 0. The van der Waals surface area contributed by atoms with Crippen molar-refractivity contribution >= 4 is 5.84 Å². The molecule has 3 nitrogen and oxygen atoms in total. The summed E-state index contributed by atoms with van der Waals surface area (Å²) in [5.41, 5.74) is 5.65. The molecule has 0 saturated heterocycles. The van der Waals surface area contributed by atoms with Crippen molar-refractivity contribution < 1.29 is 0 Å². The summed E-state index contributed by atoms with van der Waals surface area (Å²) in [6, 6.07) is 0.317. The summed E-state index contributed by atoms with van der Waals surface area (Å²) in [6.45, 7) is 5.03. The third-order valence-corrected chi connectivity index (χ3v) is 1.24. The predicted octanol–water partition coefficient (Wildman–Crippen LogP) is 0.704. The van der Waals surface area contributed by atoms with Gasteiger partial charge in [0.2, 0.25) is 0 Å². The third-order valence-electron chi connectivity index (χ3n) is 1.24. The van der Waals surface area contributed by atoms with Gasteiger partial charge in [-0.1, -0.05) is 0 Å². The zero-order valence-corrected chi connectivity index (χ0v) is 7.96. The number of rotatable bonds is 4. The van der Waals surface area contributed by atoms with Gasteiger partial charge >= 0.3 is 0 Å². The molecule has 0 spiro atoms. The highest BCUT2D eigenvalue weighted by Crippen LogP contribution is 1.89. The maximum absolute atomic E-state index is 5.65. The molecule has 0 radical (unpaired) electrons. The number of nitrogens with zero attached hydrogens (tertiary/aromatic N) is 2. The van der Waals surface area contributed by atoms with Crippen LogP contribution in [0, 0.1) is 0 Å². The highest BCUT2D eigenvalue weighted by molar-refractivity contribution is 5.80. The van der Waals surface area contributed by atoms with E-state index in [1.54, 1.807) is 0 Å². The molecule has 0 fully saturated rings. The van der Waals surface area contributed by atoms with Gasteiger partial charge in [-0.05, 0) is 27.9 Å². The van der Waals surface area contributed by atoms with Gasteiger partial charge in [-0.2, -0.15) is 0 Å². The molecule has 0 rings (SSSR count). The number of nitrogens with two attached hydrogens (primary N) is 1. The first-order valence-electron chi connectivity index (χ1n) is 3.99. The van der Waals surface area contributed by atoms with Crippen molar-refractivity contribution in [3.63, 3.8) is 0 Å². The largest absolute Gasteiger partial charge is 0.387 e. The van der Waals surface area contributed by atoms with Crippen LogP contribution in [0.5, 0.6) is 0 Å². The molecule has 0 unspecified atom stereocenters. The molecule has 0 amide bonds. The molecule has 0 aliphatic carbocycles. The quantitative estimate of drug-likeness (QED) is 0.482. The van der Waals surface area contributed by atoms with E-state index in [1.165, 1.54) is 0 Å². The molecule has 0 bridgehead atoms. The highest BCUT2D eigenvalue weighted by Gasteiger charge is 1.95. The molecule has 0 saturated carbocycles. The molecule has 3 heteroatoms. The molecule has 66 valence electrons. The highest BCUT2D eigenvalue weighted by atomic mass is 15.1. The molecular formula is C8H19N3. The Hall–Kier alpha value is -0.570. The first kappa shape index (κ1) is 10.4. The molecule has 0 aromatic heterocycles. The van der Waals surface area contributed by atoms with E-state index in [2.05, 4.69) is 9.89 Å². The van der Waals surface area contributed by atoms with Gasteiger partial charge in [0.15, 0.2) is 0 Å². The first-order chi connectivity index (χ1) is 5.02. The van der Waals surface area contributed by atoms with Crippen molar-refractivity contribution in [3.8, 4) is 0 Å². The molecule has 0 aromatic rings. The number of aliphatic imine (C=N–C) groups is 1. The molecule has 0 atom stereocenters. The fourth-order valence-corrected chi connectivity index (χ4v) is 0.734. The topological polar surface area (TPSA) is 41.6 Å². The van der Waals surface area contributed by atoms with Gasteiger partial charge in [-0.15, -0.1) is 0 Å². The standard InChI is InChI=1S/C8H19N3/c1-7(2)10-8(9)5-6-11(3)4/h7H,5-6H2,1-4H3,(H2,9,10).